The highest BCUT2D eigenvalue weighted by molar-refractivity contribution is 6.01. The van der Waals surface area contributed by atoms with Gasteiger partial charge in [0.25, 0.3) is 0 Å². The lowest BCUT2D eigenvalue weighted by molar-refractivity contribution is -0.144. The monoisotopic (exact) mass is 379 g/mol. The fourth-order valence-electron chi connectivity index (χ4n) is 7.08. The summed E-state index contributed by atoms with van der Waals surface area (Å²) in [6.07, 6.45) is 2.74. The van der Waals surface area contributed by atoms with Crippen LogP contribution in [-0.4, -0.2) is 40.7 Å². The Hall–Kier alpha value is -1.33. The van der Waals surface area contributed by atoms with Gasteiger partial charge in [0.15, 0.2) is 11.6 Å². The zero-order valence-electron chi connectivity index (χ0n) is 18.7. The van der Waals surface area contributed by atoms with Crippen molar-refractivity contribution < 1.29 is 28.3 Å². The van der Waals surface area contributed by atoms with Crippen LogP contribution >= 0.6 is 0 Å². The first kappa shape index (κ1) is 15.6. The Kier molecular flexibility index (Phi) is 3.51. The van der Waals surface area contributed by atoms with Gasteiger partial charge in [0.05, 0.1) is 6.10 Å². The lowest BCUT2D eigenvalue weighted by Crippen LogP contribution is -2.58. The number of halogens is 1. The number of Topliss-reactive ketones (excluding diaryl/α,β-unsaturated/α-hetero) is 1. The van der Waals surface area contributed by atoms with Gasteiger partial charge in [-0.2, -0.15) is 0 Å². The number of alkyl halides is 1. The van der Waals surface area contributed by atoms with Crippen molar-refractivity contribution in [1.82, 2.24) is 0 Å². The molecule has 0 aliphatic heterocycles. The molecule has 0 bridgehead atoms. The minimum atomic E-state index is -2.38. The average Bonchev–Trinajstić information content (AvgIpc) is 2.95. The van der Waals surface area contributed by atoms with E-state index in [0.29, 0.717) is 5.57 Å². The number of aliphatic hydroxyl groups is 2. The lowest BCUT2D eigenvalue weighted by Gasteiger charge is -2.59. The van der Waals surface area contributed by atoms with E-state index < -0.39 is 54.2 Å². The minimum absolute atomic E-state index is 0.0955. The Morgan fingerprint density at radius 2 is 2.15 bits per heavy atom. The quantitative estimate of drug-likeness (QED) is 0.773. The van der Waals surface area contributed by atoms with E-state index >= 15 is 4.39 Å². The maximum Gasteiger partial charge on any atom is 0.178 e. The molecule has 3 fully saturated rings. The van der Waals surface area contributed by atoms with E-state index in [9.17, 15) is 19.8 Å². The summed E-state index contributed by atoms with van der Waals surface area (Å²) in [7, 11) is 0. The van der Waals surface area contributed by atoms with E-state index in [-0.39, 0.29) is 42.8 Å². The zero-order chi connectivity index (χ0) is 22.2. The summed E-state index contributed by atoms with van der Waals surface area (Å²) in [4.78, 5) is 24.5. The molecule has 4 aliphatic carbocycles. The van der Waals surface area contributed by atoms with Crippen LogP contribution in [-0.2, 0) is 9.59 Å². The summed E-state index contributed by atoms with van der Waals surface area (Å²) in [5.41, 5.74) is -1.27. The molecular formula is C22H29FO4. The van der Waals surface area contributed by atoms with Crippen LogP contribution in [0.4, 0.5) is 4.39 Å². The summed E-state index contributed by atoms with van der Waals surface area (Å²) in [5, 5.41) is 20.8. The fraction of sp³-hybridized carbons (Fsp3) is 0.727. The van der Waals surface area contributed by atoms with Gasteiger partial charge in [-0.15, -0.1) is 0 Å². The van der Waals surface area contributed by atoms with Gasteiger partial charge >= 0.3 is 0 Å². The van der Waals surface area contributed by atoms with Crippen molar-refractivity contribution in [2.24, 2.45) is 40.4 Å². The topological polar surface area (TPSA) is 74.6 Å². The number of allylic oxidation sites excluding steroid dienone is 4. The van der Waals surface area contributed by atoms with Crippen LogP contribution in [0.1, 0.15) is 44.1 Å². The molecule has 0 spiro atoms. The molecule has 2 N–H and O–H groups in total. The van der Waals surface area contributed by atoms with E-state index in [4.69, 9.17) is 4.11 Å². The molecular weight excluding hydrogens is 347 g/mol. The fourth-order valence-corrected chi connectivity index (χ4v) is 7.08. The second-order valence-corrected chi connectivity index (χ2v) is 9.34. The molecule has 0 heterocycles. The second kappa shape index (κ2) is 6.08. The van der Waals surface area contributed by atoms with Crippen LogP contribution in [0.3, 0.4) is 0 Å². The van der Waals surface area contributed by atoms with Crippen LogP contribution in [0.2, 0.25) is 0 Å². The second-order valence-electron chi connectivity index (χ2n) is 9.34. The molecule has 0 amide bonds. The molecule has 0 aromatic rings. The zero-order valence-corrected chi connectivity index (χ0v) is 15.7. The maximum atomic E-state index is 15.3. The first-order chi connectivity index (χ1) is 13.8. The first-order valence-electron chi connectivity index (χ1n) is 11.3. The molecule has 4 nitrogen and oxygen atoms in total. The van der Waals surface area contributed by atoms with Crippen molar-refractivity contribution in [1.29, 1.82) is 0 Å². The summed E-state index contributed by atoms with van der Waals surface area (Å²) in [6.45, 7) is 0.531. The molecule has 0 unspecified atom stereocenters. The standard InChI is InChI=1S/C22H29FO4/c1-11-6-14-13-8-16(23)15-7-12(25)4-5-21(15,2)20(13)17(26)9-22(14,3)19(11)18(27)10-24/h4-5,7,11,13-14,16-17,19-20,24,26H,6,8-10H2,1-3H3/t11-,13+,14+,16+,17+,19-,20-,21+,22+/m1/s1/i1D3. The highest BCUT2D eigenvalue weighted by Gasteiger charge is 2.65. The summed E-state index contributed by atoms with van der Waals surface area (Å²) in [6, 6.07) is 0. The van der Waals surface area contributed by atoms with E-state index in [1.165, 1.54) is 12.2 Å². The number of fused-ring (bicyclic) bond motifs is 5. The summed E-state index contributed by atoms with van der Waals surface area (Å²) >= 11 is 0. The average molecular weight is 379 g/mol. The number of hydrogen-bond donors (Lipinski definition) is 2. The molecule has 3 saturated carbocycles. The third kappa shape index (κ3) is 2.47. The van der Waals surface area contributed by atoms with Gasteiger partial charge in [-0.25, -0.2) is 4.39 Å². The Bertz CT molecular complexity index is 837. The van der Waals surface area contributed by atoms with Gasteiger partial charge in [-0.1, -0.05) is 26.8 Å². The van der Waals surface area contributed by atoms with Crippen LogP contribution in [0.5, 0.6) is 0 Å². The number of hydrogen-bond acceptors (Lipinski definition) is 4. The Morgan fingerprint density at radius 1 is 1.41 bits per heavy atom. The summed E-state index contributed by atoms with van der Waals surface area (Å²) in [5.74, 6) is -3.57. The van der Waals surface area contributed by atoms with Gasteiger partial charge in [0, 0.05) is 21.4 Å². The minimum Gasteiger partial charge on any atom is -0.393 e. The molecule has 0 saturated heterocycles. The Labute approximate surface area is 163 Å². The van der Waals surface area contributed by atoms with E-state index in [1.54, 1.807) is 6.08 Å². The predicted octanol–water partition coefficient (Wildman–Crippen LogP) is 2.64. The Balaban J connectivity index is 1.80. The molecule has 4 rings (SSSR count). The molecule has 148 valence electrons. The normalized spacial score (nSPS) is 53.4. The number of rotatable bonds is 2. The molecule has 9 atom stereocenters. The maximum absolute atomic E-state index is 15.3. The lowest BCUT2D eigenvalue weighted by atomic mass is 9.46. The third-order valence-electron chi connectivity index (χ3n) is 8.03. The van der Waals surface area contributed by atoms with Gasteiger partial charge in [0.1, 0.15) is 12.8 Å². The SMILES string of the molecule is [2H]C([2H])([2H])[C@@H]1C[C@H]2[C@@H]3C[C@H](F)C4=CC(=O)C=C[C@]4(C)[C@H]3[C@@H](O)C[C@]2(C)[C@H]1C(=O)CO. The van der Waals surface area contributed by atoms with Crippen molar-refractivity contribution in [3.63, 3.8) is 0 Å². The van der Waals surface area contributed by atoms with Gasteiger partial charge in [-0.3, -0.25) is 9.59 Å². The highest BCUT2D eigenvalue weighted by atomic mass is 19.1. The smallest absolute Gasteiger partial charge is 0.178 e. The number of carbonyl (C=O) groups excluding carboxylic acids is 2. The van der Waals surface area contributed by atoms with Crippen LogP contribution in [0, 0.1) is 40.4 Å². The van der Waals surface area contributed by atoms with Crippen molar-refractivity contribution in [2.75, 3.05) is 6.61 Å². The van der Waals surface area contributed by atoms with Crippen LogP contribution in [0.15, 0.2) is 23.8 Å². The molecule has 0 radical (unpaired) electrons. The molecule has 0 aromatic carbocycles. The van der Waals surface area contributed by atoms with Gasteiger partial charge in [-0.05, 0) is 60.2 Å². The van der Waals surface area contributed by atoms with Crippen molar-refractivity contribution >= 4 is 11.6 Å². The third-order valence-corrected chi connectivity index (χ3v) is 8.03. The van der Waals surface area contributed by atoms with Gasteiger partial charge in [0.2, 0.25) is 0 Å². The molecule has 5 heteroatoms. The number of aliphatic hydroxyl groups excluding tert-OH is 2. The Morgan fingerprint density at radius 3 is 2.81 bits per heavy atom. The molecule has 27 heavy (non-hydrogen) atoms. The number of carbonyl (C=O) groups is 2. The van der Waals surface area contributed by atoms with Crippen LogP contribution in [0.25, 0.3) is 0 Å². The molecule has 0 aromatic heterocycles. The molecule has 4 aliphatic rings. The first-order valence-corrected chi connectivity index (χ1v) is 9.75. The van der Waals surface area contributed by atoms with Crippen molar-refractivity contribution in [2.45, 2.75) is 52.2 Å². The van der Waals surface area contributed by atoms with Crippen molar-refractivity contribution in [3.8, 4) is 0 Å². The van der Waals surface area contributed by atoms with Gasteiger partial charge < -0.3 is 10.2 Å². The highest BCUT2D eigenvalue weighted by Crippen LogP contribution is 2.67. The summed E-state index contributed by atoms with van der Waals surface area (Å²) < 4.78 is 39.3. The van der Waals surface area contributed by atoms with E-state index in [2.05, 4.69) is 0 Å². The van der Waals surface area contributed by atoms with Crippen molar-refractivity contribution in [3.05, 3.63) is 23.8 Å². The predicted molar refractivity (Wildman–Crippen MR) is 98.4 cm³/mol. The van der Waals surface area contributed by atoms with E-state index in [1.807, 2.05) is 13.8 Å². The van der Waals surface area contributed by atoms with Crippen LogP contribution < -0.4 is 0 Å². The largest absolute Gasteiger partial charge is 0.393 e. The van der Waals surface area contributed by atoms with E-state index in [0.717, 1.165) is 0 Å². The number of ketones is 2.